The summed E-state index contributed by atoms with van der Waals surface area (Å²) in [5.74, 6) is 1.43. The van der Waals surface area contributed by atoms with Crippen LogP contribution in [0, 0.1) is 12.8 Å². The van der Waals surface area contributed by atoms with Crippen LogP contribution in [0.3, 0.4) is 0 Å². The Balaban J connectivity index is 1.58. The second-order valence-electron chi connectivity index (χ2n) is 6.26. The van der Waals surface area contributed by atoms with Gasteiger partial charge >= 0.3 is 0 Å². The van der Waals surface area contributed by atoms with Gasteiger partial charge in [0.1, 0.15) is 0 Å². The predicted molar refractivity (Wildman–Crippen MR) is 93.1 cm³/mol. The number of amidine groups is 1. The van der Waals surface area contributed by atoms with Crippen molar-refractivity contribution in [3.63, 3.8) is 0 Å². The summed E-state index contributed by atoms with van der Waals surface area (Å²) in [4.78, 5) is 19.2. The SMILES string of the molecule is Cc1ccc(CSC2=NCCN2C(=O)C2CCCCC2)cc1. The number of carbonyl (C=O) groups excluding carboxylic acids is 1. The Bertz CT molecular complexity index is 547. The zero-order valence-electron chi connectivity index (χ0n) is 13.3. The van der Waals surface area contributed by atoms with Gasteiger partial charge in [-0.2, -0.15) is 0 Å². The van der Waals surface area contributed by atoms with E-state index in [4.69, 9.17) is 0 Å². The van der Waals surface area contributed by atoms with E-state index in [2.05, 4.69) is 36.2 Å². The first-order valence-electron chi connectivity index (χ1n) is 8.28. The number of thioether (sulfide) groups is 1. The number of nitrogens with zero attached hydrogens (tertiary/aromatic N) is 2. The van der Waals surface area contributed by atoms with Crippen LogP contribution >= 0.6 is 11.8 Å². The molecule has 1 aliphatic carbocycles. The molecule has 0 unspecified atom stereocenters. The lowest BCUT2D eigenvalue weighted by Gasteiger charge is -2.26. The number of hydrogen-bond donors (Lipinski definition) is 0. The van der Waals surface area contributed by atoms with Crippen molar-refractivity contribution in [3.8, 4) is 0 Å². The molecule has 3 nitrogen and oxygen atoms in total. The number of rotatable bonds is 3. The lowest BCUT2D eigenvalue weighted by molar-refractivity contribution is -0.132. The maximum absolute atomic E-state index is 12.7. The molecule has 0 aromatic heterocycles. The van der Waals surface area contributed by atoms with E-state index in [1.807, 2.05) is 4.90 Å². The summed E-state index contributed by atoms with van der Waals surface area (Å²) in [6, 6.07) is 8.59. The Morgan fingerprint density at radius 1 is 1.23 bits per heavy atom. The molecule has 0 saturated heterocycles. The second-order valence-corrected chi connectivity index (χ2v) is 7.21. The van der Waals surface area contributed by atoms with Crippen LogP contribution in [0.2, 0.25) is 0 Å². The van der Waals surface area contributed by atoms with E-state index >= 15 is 0 Å². The molecule has 0 spiro atoms. The number of hydrogen-bond acceptors (Lipinski definition) is 3. The highest BCUT2D eigenvalue weighted by Crippen LogP contribution is 2.28. The van der Waals surface area contributed by atoms with E-state index in [1.54, 1.807) is 11.8 Å². The molecule has 1 aliphatic heterocycles. The topological polar surface area (TPSA) is 32.7 Å². The molecule has 0 atom stereocenters. The largest absolute Gasteiger partial charge is 0.289 e. The summed E-state index contributed by atoms with van der Waals surface area (Å²) in [5.41, 5.74) is 2.57. The third kappa shape index (κ3) is 3.72. The van der Waals surface area contributed by atoms with Gasteiger partial charge in [0, 0.05) is 18.2 Å². The minimum absolute atomic E-state index is 0.233. The lowest BCUT2D eigenvalue weighted by Crippen LogP contribution is -2.38. The molecule has 0 N–H and O–H groups in total. The zero-order valence-corrected chi connectivity index (χ0v) is 14.1. The molecule has 2 aliphatic rings. The van der Waals surface area contributed by atoms with Crippen LogP contribution in [-0.2, 0) is 10.5 Å². The standard InChI is InChI=1S/C18H24N2OS/c1-14-7-9-15(10-8-14)13-22-18-19-11-12-20(18)17(21)16-5-3-2-4-6-16/h7-10,16H,2-6,11-13H2,1H3. The molecule has 1 heterocycles. The molecule has 1 aromatic rings. The van der Waals surface area contributed by atoms with Crippen LogP contribution in [0.4, 0.5) is 0 Å². The van der Waals surface area contributed by atoms with E-state index in [1.165, 1.54) is 30.4 Å². The number of amides is 1. The third-order valence-electron chi connectivity index (χ3n) is 4.51. The van der Waals surface area contributed by atoms with Gasteiger partial charge in [-0.25, -0.2) is 0 Å². The highest BCUT2D eigenvalue weighted by molar-refractivity contribution is 8.13. The molecule has 118 valence electrons. The number of aliphatic imine (C=N–C) groups is 1. The molecule has 4 heteroatoms. The van der Waals surface area contributed by atoms with Gasteiger partial charge in [-0.15, -0.1) is 0 Å². The molecular formula is C18H24N2OS. The summed E-state index contributed by atoms with van der Waals surface area (Å²) in [6.07, 6.45) is 5.81. The smallest absolute Gasteiger partial charge is 0.231 e. The summed E-state index contributed by atoms with van der Waals surface area (Å²) in [7, 11) is 0. The first-order chi connectivity index (χ1) is 10.7. The summed E-state index contributed by atoms with van der Waals surface area (Å²) < 4.78 is 0. The maximum Gasteiger partial charge on any atom is 0.231 e. The predicted octanol–water partition coefficient (Wildman–Crippen LogP) is 4.01. The van der Waals surface area contributed by atoms with Gasteiger partial charge in [0.25, 0.3) is 0 Å². The average molecular weight is 316 g/mol. The van der Waals surface area contributed by atoms with E-state index in [0.717, 1.165) is 36.9 Å². The van der Waals surface area contributed by atoms with Crippen LogP contribution < -0.4 is 0 Å². The fraction of sp³-hybridized carbons (Fsp3) is 0.556. The van der Waals surface area contributed by atoms with E-state index in [-0.39, 0.29) is 5.92 Å². The van der Waals surface area contributed by atoms with Crippen molar-refractivity contribution in [2.75, 3.05) is 13.1 Å². The number of carbonyl (C=O) groups is 1. The minimum Gasteiger partial charge on any atom is -0.289 e. The highest BCUT2D eigenvalue weighted by Gasteiger charge is 2.30. The average Bonchev–Trinajstić information content (AvgIpc) is 3.03. The van der Waals surface area contributed by atoms with E-state index < -0.39 is 0 Å². The van der Waals surface area contributed by atoms with Gasteiger partial charge in [-0.3, -0.25) is 14.7 Å². The van der Waals surface area contributed by atoms with E-state index in [9.17, 15) is 4.79 Å². The third-order valence-corrected chi connectivity index (χ3v) is 5.60. The van der Waals surface area contributed by atoms with Crippen LogP contribution in [0.15, 0.2) is 29.3 Å². The number of benzene rings is 1. The molecule has 0 bridgehead atoms. The quantitative estimate of drug-likeness (QED) is 0.844. The van der Waals surface area contributed by atoms with Crippen molar-refractivity contribution in [3.05, 3.63) is 35.4 Å². The van der Waals surface area contributed by atoms with Crippen LogP contribution in [0.5, 0.6) is 0 Å². The van der Waals surface area contributed by atoms with Crippen molar-refractivity contribution < 1.29 is 4.79 Å². The molecule has 22 heavy (non-hydrogen) atoms. The Labute approximate surface area is 137 Å². The monoisotopic (exact) mass is 316 g/mol. The Kier molecular flexibility index (Phi) is 5.19. The lowest BCUT2D eigenvalue weighted by atomic mass is 9.88. The van der Waals surface area contributed by atoms with Crippen molar-refractivity contribution in [1.82, 2.24) is 4.90 Å². The first-order valence-corrected chi connectivity index (χ1v) is 9.27. The molecular weight excluding hydrogens is 292 g/mol. The van der Waals surface area contributed by atoms with Gasteiger partial charge < -0.3 is 0 Å². The van der Waals surface area contributed by atoms with Crippen molar-refractivity contribution >= 4 is 22.8 Å². The van der Waals surface area contributed by atoms with Crippen molar-refractivity contribution in [2.24, 2.45) is 10.9 Å². The van der Waals surface area contributed by atoms with Gasteiger partial charge in [0.15, 0.2) is 5.17 Å². The molecule has 3 rings (SSSR count). The molecule has 1 amide bonds. The van der Waals surface area contributed by atoms with Gasteiger partial charge in [-0.05, 0) is 25.3 Å². The van der Waals surface area contributed by atoms with Crippen molar-refractivity contribution in [1.29, 1.82) is 0 Å². The number of aryl methyl sites for hydroxylation is 1. The van der Waals surface area contributed by atoms with Crippen LogP contribution in [0.1, 0.15) is 43.2 Å². The summed E-state index contributed by atoms with van der Waals surface area (Å²) in [6.45, 7) is 3.63. The Morgan fingerprint density at radius 2 is 1.95 bits per heavy atom. The first kappa shape index (κ1) is 15.6. The van der Waals surface area contributed by atoms with E-state index in [0.29, 0.717) is 5.91 Å². The van der Waals surface area contributed by atoms with Gasteiger partial charge in [0.05, 0.1) is 6.54 Å². The second kappa shape index (κ2) is 7.32. The highest BCUT2D eigenvalue weighted by atomic mass is 32.2. The Hall–Kier alpha value is -1.29. The molecule has 1 fully saturated rings. The normalized spacial score (nSPS) is 19.3. The summed E-state index contributed by atoms with van der Waals surface area (Å²) in [5, 5.41) is 0.927. The molecule has 0 radical (unpaired) electrons. The maximum atomic E-state index is 12.7. The Morgan fingerprint density at radius 3 is 2.68 bits per heavy atom. The van der Waals surface area contributed by atoms with Gasteiger partial charge in [-0.1, -0.05) is 60.9 Å². The molecule has 1 saturated carbocycles. The molecule has 1 aromatic carbocycles. The summed E-state index contributed by atoms with van der Waals surface area (Å²) >= 11 is 1.70. The van der Waals surface area contributed by atoms with Crippen molar-refractivity contribution in [2.45, 2.75) is 44.8 Å². The fourth-order valence-corrected chi connectivity index (χ4v) is 4.16. The van der Waals surface area contributed by atoms with Crippen LogP contribution in [-0.4, -0.2) is 29.1 Å². The van der Waals surface area contributed by atoms with Crippen LogP contribution in [0.25, 0.3) is 0 Å². The van der Waals surface area contributed by atoms with Gasteiger partial charge in [0.2, 0.25) is 5.91 Å². The minimum atomic E-state index is 0.233. The zero-order chi connectivity index (χ0) is 15.4. The fourth-order valence-electron chi connectivity index (χ4n) is 3.16.